The Morgan fingerprint density at radius 1 is 0.833 bits per heavy atom. The lowest BCUT2D eigenvalue weighted by molar-refractivity contribution is 0.282. The Hall–Kier alpha value is -2.19. The summed E-state index contributed by atoms with van der Waals surface area (Å²) >= 11 is 0. The van der Waals surface area contributed by atoms with Crippen molar-refractivity contribution in [1.82, 2.24) is 4.98 Å². The van der Waals surface area contributed by atoms with Crippen LogP contribution in [-0.4, -0.2) is 10.1 Å². The first-order valence-corrected chi connectivity index (χ1v) is 5.93. The van der Waals surface area contributed by atoms with E-state index in [1.807, 2.05) is 42.5 Å². The number of hydrogen-bond acceptors (Lipinski definition) is 2. The molecule has 0 aliphatic rings. The average Bonchev–Trinajstić information content (AvgIpc) is 2.46. The van der Waals surface area contributed by atoms with Gasteiger partial charge in [-0.3, -0.25) is 4.98 Å². The van der Waals surface area contributed by atoms with Crippen molar-refractivity contribution < 1.29 is 5.11 Å². The Morgan fingerprint density at radius 2 is 1.67 bits per heavy atom. The van der Waals surface area contributed by atoms with E-state index in [0.717, 1.165) is 27.6 Å². The maximum Gasteiger partial charge on any atom is 0.0708 e. The van der Waals surface area contributed by atoms with E-state index in [-0.39, 0.29) is 6.61 Å². The highest BCUT2D eigenvalue weighted by atomic mass is 16.3. The molecule has 0 unspecified atom stereocenters. The number of benzene rings is 2. The van der Waals surface area contributed by atoms with Crippen molar-refractivity contribution >= 4 is 10.9 Å². The molecule has 0 bridgehead atoms. The van der Waals surface area contributed by atoms with Gasteiger partial charge in [0.15, 0.2) is 0 Å². The molecule has 1 N–H and O–H groups in total. The van der Waals surface area contributed by atoms with Crippen molar-refractivity contribution in [3.8, 4) is 11.1 Å². The van der Waals surface area contributed by atoms with E-state index >= 15 is 0 Å². The summed E-state index contributed by atoms with van der Waals surface area (Å²) in [7, 11) is 0. The van der Waals surface area contributed by atoms with Gasteiger partial charge >= 0.3 is 0 Å². The van der Waals surface area contributed by atoms with Gasteiger partial charge in [0.05, 0.1) is 12.1 Å². The first-order valence-electron chi connectivity index (χ1n) is 5.93. The zero-order valence-corrected chi connectivity index (χ0v) is 9.88. The topological polar surface area (TPSA) is 33.1 Å². The van der Waals surface area contributed by atoms with Gasteiger partial charge in [-0.1, -0.05) is 42.5 Å². The minimum absolute atomic E-state index is 0.0484. The standard InChI is InChI=1S/C16H13NO/c18-11-12-5-1-2-6-13(12)14-7-3-9-16-15(14)8-4-10-17-16/h1-10,18H,11H2. The normalized spacial score (nSPS) is 10.7. The van der Waals surface area contributed by atoms with Crippen LogP contribution in [0.3, 0.4) is 0 Å². The Kier molecular flexibility index (Phi) is 2.79. The zero-order chi connectivity index (χ0) is 12.4. The van der Waals surface area contributed by atoms with E-state index in [1.165, 1.54) is 0 Å². The van der Waals surface area contributed by atoms with Crippen molar-refractivity contribution in [2.45, 2.75) is 6.61 Å². The van der Waals surface area contributed by atoms with E-state index < -0.39 is 0 Å². The summed E-state index contributed by atoms with van der Waals surface area (Å²) in [6.07, 6.45) is 1.80. The van der Waals surface area contributed by atoms with Crippen molar-refractivity contribution in [3.05, 3.63) is 66.4 Å². The summed E-state index contributed by atoms with van der Waals surface area (Å²) < 4.78 is 0. The molecule has 18 heavy (non-hydrogen) atoms. The zero-order valence-electron chi connectivity index (χ0n) is 9.88. The molecule has 3 aromatic rings. The summed E-state index contributed by atoms with van der Waals surface area (Å²) in [4.78, 5) is 4.36. The molecule has 1 heterocycles. The van der Waals surface area contributed by atoms with Gasteiger partial charge in [-0.05, 0) is 28.8 Å². The fourth-order valence-corrected chi connectivity index (χ4v) is 2.26. The Balaban J connectivity index is 2.32. The Bertz CT molecular complexity index is 686. The van der Waals surface area contributed by atoms with E-state index in [4.69, 9.17) is 0 Å². The number of nitrogens with zero attached hydrogens (tertiary/aromatic N) is 1. The molecule has 0 spiro atoms. The number of rotatable bonds is 2. The number of aliphatic hydroxyl groups is 1. The number of fused-ring (bicyclic) bond motifs is 1. The summed E-state index contributed by atoms with van der Waals surface area (Å²) in [5.74, 6) is 0. The van der Waals surface area contributed by atoms with Crippen LogP contribution in [0, 0.1) is 0 Å². The van der Waals surface area contributed by atoms with Gasteiger partial charge in [0.25, 0.3) is 0 Å². The van der Waals surface area contributed by atoms with Gasteiger partial charge in [-0.2, -0.15) is 0 Å². The van der Waals surface area contributed by atoms with Crippen molar-refractivity contribution in [2.75, 3.05) is 0 Å². The third-order valence-corrected chi connectivity index (χ3v) is 3.12. The second-order valence-electron chi connectivity index (χ2n) is 4.19. The van der Waals surface area contributed by atoms with Crippen LogP contribution in [0.4, 0.5) is 0 Å². The van der Waals surface area contributed by atoms with Gasteiger partial charge in [0, 0.05) is 11.6 Å². The molecule has 0 atom stereocenters. The Labute approximate surface area is 106 Å². The van der Waals surface area contributed by atoms with Crippen molar-refractivity contribution in [2.24, 2.45) is 0 Å². The molecule has 0 saturated heterocycles. The van der Waals surface area contributed by atoms with Crippen LogP contribution in [0.2, 0.25) is 0 Å². The first kappa shape index (κ1) is 10.9. The van der Waals surface area contributed by atoms with Crippen molar-refractivity contribution in [1.29, 1.82) is 0 Å². The lowest BCUT2D eigenvalue weighted by Gasteiger charge is -2.10. The molecule has 88 valence electrons. The summed E-state index contributed by atoms with van der Waals surface area (Å²) in [6.45, 7) is 0.0484. The van der Waals surface area contributed by atoms with Crippen LogP contribution in [0.25, 0.3) is 22.0 Å². The molecule has 0 amide bonds. The molecule has 0 saturated carbocycles. The minimum atomic E-state index is 0.0484. The molecule has 2 aromatic carbocycles. The molecular formula is C16H13NO. The molecule has 0 fully saturated rings. The van der Waals surface area contributed by atoms with Crippen molar-refractivity contribution in [3.63, 3.8) is 0 Å². The molecule has 0 radical (unpaired) electrons. The summed E-state index contributed by atoms with van der Waals surface area (Å²) in [6, 6.07) is 18.0. The Morgan fingerprint density at radius 3 is 2.56 bits per heavy atom. The van der Waals surface area contributed by atoms with Gasteiger partial charge in [0.2, 0.25) is 0 Å². The van der Waals surface area contributed by atoms with Crippen LogP contribution in [0.1, 0.15) is 5.56 Å². The van der Waals surface area contributed by atoms with Gasteiger partial charge in [-0.25, -0.2) is 0 Å². The van der Waals surface area contributed by atoms with Crippen LogP contribution in [0.15, 0.2) is 60.8 Å². The molecule has 2 heteroatoms. The van der Waals surface area contributed by atoms with Crippen LogP contribution < -0.4 is 0 Å². The fourth-order valence-electron chi connectivity index (χ4n) is 2.26. The lowest BCUT2D eigenvalue weighted by atomic mass is 9.96. The minimum Gasteiger partial charge on any atom is -0.392 e. The number of hydrogen-bond donors (Lipinski definition) is 1. The fraction of sp³-hybridized carbons (Fsp3) is 0.0625. The molecule has 2 nitrogen and oxygen atoms in total. The van der Waals surface area contributed by atoms with Gasteiger partial charge in [0.1, 0.15) is 0 Å². The maximum absolute atomic E-state index is 9.44. The first-order chi connectivity index (χ1) is 8.90. The van der Waals surface area contributed by atoms with E-state index in [2.05, 4.69) is 17.1 Å². The SMILES string of the molecule is OCc1ccccc1-c1cccc2ncccc12. The smallest absolute Gasteiger partial charge is 0.0708 e. The molecule has 0 aliphatic heterocycles. The lowest BCUT2D eigenvalue weighted by Crippen LogP contribution is -1.90. The summed E-state index contributed by atoms with van der Waals surface area (Å²) in [5, 5.41) is 10.5. The number of pyridine rings is 1. The average molecular weight is 235 g/mol. The highest BCUT2D eigenvalue weighted by molar-refractivity contribution is 5.95. The highest BCUT2D eigenvalue weighted by Crippen LogP contribution is 2.30. The summed E-state index contributed by atoms with van der Waals surface area (Å²) in [5.41, 5.74) is 4.10. The van der Waals surface area contributed by atoms with Gasteiger partial charge < -0.3 is 5.11 Å². The predicted molar refractivity (Wildman–Crippen MR) is 73.1 cm³/mol. The predicted octanol–water partition coefficient (Wildman–Crippen LogP) is 3.39. The van der Waals surface area contributed by atoms with E-state index in [0.29, 0.717) is 0 Å². The highest BCUT2D eigenvalue weighted by Gasteiger charge is 2.07. The molecular weight excluding hydrogens is 222 g/mol. The molecule has 3 rings (SSSR count). The van der Waals surface area contributed by atoms with E-state index in [1.54, 1.807) is 6.20 Å². The number of aromatic nitrogens is 1. The van der Waals surface area contributed by atoms with Crippen LogP contribution in [-0.2, 0) is 6.61 Å². The third kappa shape index (κ3) is 1.77. The second-order valence-corrected chi connectivity index (χ2v) is 4.19. The molecule has 1 aromatic heterocycles. The van der Waals surface area contributed by atoms with Crippen LogP contribution in [0.5, 0.6) is 0 Å². The third-order valence-electron chi connectivity index (χ3n) is 3.12. The quantitative estimate of drug-likeness (QED) is 0.738. The van der Waals surface area contributed by atoms with Gasteiger partial charge in [-0.15, -0.1) is 0 Å². The largest absolute Gasteiger partial charge is 0.392 e. The number of aliphatic hydroxyl groups excluding tert-OH is 1. The maximum atomic E-state index is 9.44. The second kappa shape index (κ2) is 4.59. The molecule has 0 aliphatic carbocycles. The monoisotopic (exact) mass is 235 g/mol. The van der Waals surface area contributed by atoms with Crippen LogP contribution >= 0.6 is 0 Å². The van der Waals surface area contributed by atoms with E-state index in [9.17, 15) is 5.11 Å².